The van der Waals surface area contributed by atoms with Gasteiger partial charge in [0.25, 0.3) is 0 Å². The zero-order chi connectivity index (χ0) is 16.9. The average Bonchev–Trinajstić information content (AvgIpc) is 2.97. The van der Waals surface area contributed by atoms with Gasteiger partial charge in [-0.15, -0.1) is 0 Å². The first-order valence-corrected chi connectivity index (χ1v) is 8.05. The number of methoxy groups -OCH3 is 1. The average molecular weight is 384 g/mol. The number of halogens is 1. The molecule has 3 rings (SSSR count). The monoisotopic (exact) mass is 383 g/mol. The Morgan fingerprint density at radius 2 is 1.96 bits per heavy atom. The van der Waals surface area contributed by atoms with Gasteiger partial charge in [-0.05, 0) is 45.8 Å². The number of nitrogens with zero attached hydrogens (tertiary/aromatic N) is 1. The third-order valence-electron chi connectivity index (χ3n) is 3.36. The largest absolute Gasteiger partial charge is 0.496 e. The van der Waals surface area contributed by atoms with Crippen LogP contribution in [0.3, 0.4) is 0 Å². The fourth-order valence-corrected chi connectivity index (χ4v) is 2.70. The highest BCUT2D eigenvalue weighted by Crippen LogP contribution is 2.27. The molecule has 0 radical (unpaired) electrons. The summed E-state index contributed by atoms with van der Waals surface area (Å²) in [6.45, 7) is 0. The number of allylic oxidation sites excluding steroid dienone is 2. The van der Waals surface area contributed by atoms with E-state index in [1.807, 2.05) is 36.4 Å². The van der Waals surface area contributed by atoms with E-state index in [-0.39, 0.29) is 11.6 Å². The molecule has 120 valence electrons. The molecule has 0 saturated carbocycles. The van der Waals surface area contributed by atoms with E-state index < -0.39 is 5.97 Å². The van der Waals surface area contributed by atoms with E-state index in [0.717, 1.165) is 10.0 Å². The van der Waals surface area contributed by atoms with Crippen LogP contribution in [0.5, 0.6) is 5.75 Å². The molecule has 0 amide bonds. The normalized spacial score (nSPS) is 15.7. The zero-order valence-corrected chi connectivity index (χ0v) is 14.5. The van der Waals surface area contributed by atoms with Gasteiger partial charge in [-0.3, -0.25) is 0 Å². The van der Waals surface area contributed by atoms with Crippen molar-refractivity contribution in [1.29, 1.82) is 0 Å². The van der Waals surface area contributed by atoms with Crippen molar-refractivity contribution in [2.24, 2.45) is 4.99 Å². The van der Waals surface area contributed by atoms with Crippen molar-refractivity contribution < 1.29 is 14.3 Å². The molecule has 0 aromatic heterocycles. The van der Waals surface area contributed by atoms with E-state index in [4.69, 9.17) is 9.47 Å². The van der Waals surface area contributed by atoms with Crippen LogP contribution in [-0.4, -0.2) is 19.0 Å². The predicted molar refractivity (Wildman–Crippen MR) is 96.9 cm³/mol. The smallest absolute Gasteiger partial charge is 0.363 e. The van der Waals surface area contributed by atoms with Crippen LogP contribution in [0.4, 0.5) is 0 Å². The molecule has 1 aliphatic heterocycles. The number of esters is 1. The Kier molecular flexibility index (Phi) is 4.91. The topological polar surface area (TPSA) is 47.9 Å². The highest BCUT2D eigenvalue weighted by molar-refractivity contribution is 9.10. The Morgan fingerprint density at radius 3 is 2.67 bits per heavy atom. The second kappa shape index (κ2) is 7.27. The third-order valence-corrected chi connectivity index (χ3v) is 3.98. The molecule has 0 bridgehead atoms. The summed E-state index contributed by atoms with van der Waals surface area (Å²) < 4.78 is 11.2. The number of carbonyl (C=O) groups is 1. The molecule has 0 aliphatic carbocycles. The van der Waals surface area contributed by atoms with Gasteiger partial charge in [0.1, 0.15) is 5.75 Å². The molecule has 2 aromatic carbocycles. The Morgan fingerprint density at radius 1 is 1.17 bits per heavy atom. The van der Waals surface area contributed by atoms with E-state index in [1.54, 1.807) is 37.5 Å². The van der Waals surface area contributed by atoms with Crippen LogP contribution in [0.25, 0.3) is 6.08 Å². The second-order valence-electron chi connectivity index (χ2n) is 4.98. The van der Waals surface area contributed by atoms with Gasteiger partial charge in [-0.2, -0.15) is 0 Å². The standard InChI is InChI=1S/C19H14BrNO3/c1-23-17-11-10-14(12-15(17)20)18-21-16(19(22)24-18)9-5-8-13-6-3-2-4-7-13/h2-12H,1H3/b8-5+,16-9+. The maximum atomic E-state index is 11.9. The van der Waals surface area contributed by atoms with Crippen LogP contribution >= 0.6 is 15.9 Å². The zero-order valence-electron chi connectivity index (χ0n) is 12.9. The van der Waals surface area contributed by atoms with Crippen molar-refractivity contribution in [2.45, 2.75) is 0 Å². The summed E-state index contributed by atoms with van der Waals surface area (Å²) in [6, 6.07) is 15.2. The van der Waals surface area contributed by atoms with Gasteiger partial charge < -0.3 is 9.47 Å². The summed E-state index contributed by atoms with van der Waals surface area (Å²) in [6.07, 6.45) is 5.32. The SMILES string of the molecule is COc1ccc(C2=N/C(=C/C=C/c3ccccc3)C(=O)O2)cc1Br. The molecule has 4 nitrogen and oxygen atoms in total. The van der Waals surface area contributed by atoms with Crippen LogP contribution in [0.2, 0.25) is 0 Å². The molecule has 0 fully saturated rings. The molecule has 0 spiro atoms. The summed E-state index contributed by atoms with van der Waals surface area (Å²) in [5.74, 6) is 0.516. The number of carbonyl (C=O) groups excluding carboxylic acids is 1. The molecule has 1 aliphatic rings. The minimum absolute atomic E-state index is 0.268. The van der Waals surface area contributed by atoms with Gasteiger partial charge >= 0.3 is 5.97 Å². The summed E-state index contributed by atoms with van der Waals surface area (Å²) >= 11 is 3.41. The van der Waals surface area contributed by atoms with Crippen LogP contribution in [0.1, 0.15) is 11.1 Å². The lowest BCUT2D eigenvalue weighted by Gasteiger charge is -2.05. The highest BCUT2D eigenvalue weighted by Gasteiger charge is 2.24. The Bertz CT molecular complexity index is 854. The Labute approximate surface area is 148 Å². The van der Waals surface area contributed by atoms with E-state index in [0.29, 0.717) is 11.3 Å². The fraction of sp³-hybridized carbons (Fsp3) is 0.0526. The maximum Gasteiger partial charge on any atom is 0.363 e. The van der Waals surface area contributed by atoms with E-state index in [9.17, 15) is 4.79 Å². The molecular weight excluding hydrogens is 370 g/mol. The predicted octanol–water partition coefficient (Wildman–Crippen LogP) is 4.36. The number of hydrogen-bond acceptors (Lipinski definition) is 4. The van der Waals surface area contributed by atoms with Gasteiger partial charge in [0.2, 0.25) is 5.90 Å². The summed E-state index contributed by atoms with van der Waals surface area (Å²) in [5, 5.41) is 0. The number of hydrogen-bond donors (Lipinski definition) is 0. The van der Waals surface area contributed by atoms with Gasteiger partial charge in [-0.25, -0.2) is 9.79 Å². The number of ether oxygens (including phenoxy) is 2. The molecular formula is C19H14BrNO3. The molecule has 1 heterocycles. The maximum absolute atomic E-state index is 11.9. The lowest BCUT2D eigenvalue weighted by molar-refractivity contribution is -0.130. The summed E-state index contributed by atoms with van der Waals surface area (Å²) in [7, 11) is 1.59. The van der Waals surface area contributed by atoms with Gasteiger partial charge in [0, 0.05) is 5.56 Å². The van der Waals surface area contributed by atoms with Crippen LogP contribution < -0.4 is 4.74 Å². The van der Waals surface area contributed by atoms with Crippen molar-refractivity contribution in [1.82, 2.24) is 0 Å². The van der Waals surface area contributed by atoms with Gasteiger partial charge in [0.15, 0.2) is 5.70 Å². The molecule has 5 heteroatoms. The fourth-order valence-electron chi connectivity index (χ4n) is 2.16. The number of rotatable bonds is 4. The van der Waals surface area contributed by atoms with Gasteiger partial charge in [0.05, 0.1) is 11.6 Å². The second-order valence-corrected chi connectivity index (χ2v) is 5.83. The van der Waals surface area contributed by atoms with Crippen molar-refractivity contribution in [2.75, 3.05) is 7.11 Å². The van der Waals surface area contributed by atoms with Crippen LogP contribution in [0, 0.1) is 0 Å². The van der Waals surface area contributed by atoms with Gasteiger partial charge in [-0.1, -0.05) is 42.5 Å². The quantitative estimate of drug-likeness (QED) is 0.582. The van der Waals surface area contributed by atoms with E-state index >= 15 is 0 Å². The molecule has 0 N–H and O–H groups in total. The molecule has 2 aromatic rings. The first kappa shape index (κ1) is 16.2. The lowest BCUT2D eigenvalue weighted by atomic mass is 10.2. The van der Waals surface area contributed by atoms with Crippen LogP contribution in [-0.2, 0) is 9.53 Å². The first-order valence-electron chi connectivity index (χ1n) is 7.25. The third kappa shape index (κ3) is 3.63. The Hall–Kier alpha value is -2.66. The summed E-state index contributed by atoms with van der Waals surface area (Å²) in [4.78, 5) is 16.2. The Balaban J connectivity index is 1.81. The highest BCUT2D eigenvalue weighted by atomic mass is 79.9. The number of aliphatic imine (C=N–C) groups is 1. The number of benzene rings is 2. The minimum Gasteiger partial charge on any atom is -0.496 e. The number of cyclic esters (lactones) is 1. The molecule has 0 atom stereocenters. The van der Waals surface area contributed by atoms with E-state index in [1.165, 1.54) is 0 Å². The first-order chi connectivity index (χ1) is 11.7. The van der Waals surface area contributed by atoms with Crippen molar-refractivity contribution >= 4 is 33.9 Å². The van der Waals surface area contributed by atoms with Crippen LogP contribution in [0.15, 0.2) is 75.8 Å². The lowest BCUT2D eigenvalue weighted by Crippen LogP contribution is -2.05. The molecule has 0 unspecified atom stereocenters. The summed E-state index contributed by atoms with van der Waals surface area (Å²) in [5.41, 5.74) is 2.01. The van der Waals surface area contributed by atoms with Crippen molar-refractivity contribution in [3.63, 3.8) is 0 Å². The molecule has 24 heavy (non-hydrogen) atoms. The molecule has 0 saturated heterocycles. The van der Waals surface area contributed by atoms with Crippen molar-refractivity contribution in [3.8, 4) is 5.75 Å². The van der Waals surface area contributed by atoms with E-state index in [2.05, 4.69) is 20.9 Å². The minimum atomic E-state index is -0.463. The van der Waals surface area contributed by atoms with Crippen molar-refractivity contribution in [3.05, 3.63) is 82.0 Å².